The number of benzene rings is 3. The monoisotopic (exact) mass is 477 g/mol. The minimum atomic E-state index is -0.506. The van der Waals surface area contributed by atoms with Crippen LogP contribution in [0.15, 0.2) is 60.7 Å². The molecule has 174 valence electrons. The van der Waals surface area contributed by atoms with Crippen LogP contribution < -0.4 is 15.0 Å². The maximum Gasteiger partial charge on any atom is 0.273 e. The van der Waals surface area contributed by atoms with Crippen LogP contribution >= 0.6 is 11.8 Å². The van der Waals surface area contributed by atoms with E-state index in [0.29, 0.717) is 22.7 Å². The number of hydrogen-bond acceptors (Lipinski definition) is 6. The van der Waals surface area contributed by atoms with Gasteiger partial charge in [0, 0.05) is 28.4 Å². The number of amides is 2. The highest BCUT2D eigenvalue weighted by Gasteiger charge is 2.37. The molecule has 1 N–H and O–H groups in total. The molecule has 8 nitrogen and oxygen atoms in total. The van der Waals surface area contributed by atoms with Crippen LogP contribution in [0.25, 0.3) is 0 Å². The second-order valence-corrected chi connectivity index (χ2v) is 8.97. The maximum atomic E-state index is 13.0. The van der Waals surface area contributed by atoms with Gasteiger partial charge in [0.15, 0.2) is 0 Å². The van der Waals surface area contributed by atoms with Crippen LogP contribution in [-0.4, -0.2) is 29.6 Å². The third kappa shape index (κ3) is 4.47. The third-order valence-corrected chi connectivity index (χ3v) is 6.80. The van der Waals surface area contributed by atoms with E-state index in [9.17, 15) is 19.7 Å². The van der Waals surface area contributed by atoms with E-state index < -0.39 is 10.8 Å². The van der Waals surface area contributed by atoms with Crippen LogP contribution in [0.2, 0.25) is 0 Å². The lowest BCUT2D eigenvalue weighted by molar-refractivity contribution is -0.385. The second-order valence-electron chi connectivity index (χ2n) is 7.90. The number of para-hydroxylation sites is 1. The van der Waals surface area contributed by atoms with E-state index in [1.165, 1.54) is 17.8 Å². The molecule has 0 unspecified atom stereocenters. The molecule has 0 spiro atoms. The van der Waals surface area contributed by atoms with Gasteiger partial charge < -0.3 is 10.1 Å². The second kappa shape index (κ2) is 9.56. The van der Waals surface area contributed by atoms with Crippen molar-refractivity contribution < 1.29 is 19.2 Å². The zero-order valence-corrected chi connectivity index (χ0v) is 19.7. The van der Waals surface area contributed by atoms with Crippen molar-refractivity contribution in [3.63, 3.8) is 0 Å². The summed E-state index contributed by atoms with van der Waals surface area (Å²) in [6.45, 7) is 3.57. The van der Waals surface area contributed by atoms with E-state index in [4.69, 9.17) is 4.74 Å². The number of carbonyl (C=O) groups is 2. The number of hydrogen-bond donors (Lipinski definition) is 1. The summed E-state index contributed by atoms with van der Waals surface area (Å²) >= 11 is 1.46. The molecule has 0 radical (unpaired) electrons. The lowest BCUT2D eigenvalue weighted by atomic mass is 10.1. The number of methoxy groups -OCH3 is 1. The fraction of sp³-hybridized carbons (Fsp3) is 0.200. The van der Waals surface area contributed by atoms with Crippen molar-refractivity contribution in [2.24, 2.45) is 0 Å². The SMILES string of the molecule is COc1ccc(C)cc1N1C(=O)CS[C@@H]1c1ccccc1NC(=O)c1ccc(C)c([N+](=O)[O-])c1. The van der Waals surface area contributed by atoms with Crippen LogP contribution in [-0.2, 0) is 4.79 Å². The number of nitrogens with zero attached hydrogens (tertiary/aromatic N) is 2. The Balaban J connectivity index is 1.69. The number of ether oxygens (including phenoxy) is 1. The molecule has 0 saturated carbocycles. The van der Waals surface area contributed by atoms with Gasteiger partial charge in [-0.25, -0.2) is 0 Å². The summed E-state index contributed by atoms with van der Waals surface area (Å²) in [5.41, 5.74) is 3.47. The number of nitro benzene ring substituents is 1. The number of thioether (sulfide) groups is 1. The normalized spacial score (nSPS) is 15.3. The average molecular weight is 478 g/mol. The van der Waals surface area contributed by atoms with E-state index >= 15 is 0 Å². The number of carbonyl (C=O) groups excluding carboxylic acids is 2. The molecule has 1 saturated heterocycles. The van der Waals surface area contributed by atoms with Crippen molar-refractivity contribution >= 4 is 40.6 Å². The van der Waals surface area contributed by atoms with Crippen molar-refractivity contribution in [1.29, 1.82) is 0 Å². The molecule has 0 aliphatic carbocycles. The van der Waals surface area contributed by atoms with Gasteiger partial charge in [-0.15, -0.1) is 11.8 Å². The predicted octanol–water partition coefficient (Wildman–Crippen LogP) is 5.25. The van der Waals surface area contributed by atoms with E-state index in [0.717, 1.165) is 11.1 Å². The molecule has 1 aliphatic rings. The standard InChI is InChI=1S/C25H23N3O5S/c1-15-8-11-22(33-3)21(12-15)27-23(29)14-34-25(27)18-6-4-5-7-19(18)26-24(30)17-10-9-16(2)20(13-17)28(31)32/h4-13,25H,14H2,1-3H3,(H,26,30)/t25-/m1/s1. The highest BCUT2D eigenvalue weighted by atomic mass is 32.2. The van der Waals surface area contributed by atoms with E-state index in [2.05, 4.69) is 5.32 Å². The Morgan fingerprint density at radius 2 is 1.91 bits per heavy atom. The molecule has 2 amide bonds. The molecular weight excluding hydrogens is 454 g/mol. The molecule has 1 atom stereocenters. The Morgan fingerprint density at radius 1 is 1.15 bits per heavy atom. The molecule has 1 aliphatic heterocycles. The van der Waals surface area contributed by atoms with Crippen LogP contribution in [0.5, 0.6) is 5.75 Å². The number of rotatable bonds is 6. The number of aryl methyl sites for hydroxylation is 2. The Bertz CT molecular complexity index is 1290. The van der Waals surface area contributed by atoms with Gasteiger partial charge in [-0.2, -0.15) is 0 Å². The Kier molecular flexibility index (Phi) is 6.56. The molecule has 1 heterocycles. The molecule has 0 aromatic heterocycles. The highest BCUT2D eigenvalue weighted by Crippen LogP contribution is 2.47. The van der Waals surface area contributed by atoms with E-state index in [1.807, 2.05) is 37.3 Å². The van der Waals surface area contributed by atoms with Gasteiger partial charge in [0.25, 0.3) is 11.6 Å². The van der Waals surface area contributed by atoms with Crippen molar-refractivity contribution in [2.45, 2.75) is 19.2 Å². The number of nitrogens with one attached hydrogen (secondary N) is 1. The first kappa shape index (κ1) is 23.3. The van der Waals surface area contributed by atoms with Gasteiger partial charge in [0.1, 0.15) is 11.1 Å². The topological polar surface area (TPSA) is 102 Å². The summed E-state index contributed by atoms with van der Waals surface area (Å²) in [7, 11) is 1.56. The van der Waals surface area contributed by atoms with Gasteiger partial charge in [-0.05, 0) is 43.7 Å². The average Bonchev–Trinajstić information content (AvgIpc) is 3.20. The van der Waals surface area contributed by atoms with Crippen LogP contribution in [0.3, 0.4) is 0 Å². The molecule has 4 rings (SSSR count). The van der Waals surface area contributed by atoms with Crippen molar-refractivity contribution in [3.05, 3.63) is 93.0 Å². The minimum absolute atomic E-state index is 0.0609. The summed E-state index contributed by atoms with van der Waals surface area (Å²) in [4.78, 5) is 38.4. The van der Waals surface area contributed by atoms with E-state index in [1.54, 1.807) is 43.2 Å². The van der Waals surface area contributed by atoms with Crippen molar-refractivity contribution in [3.8, 4) is 5.75 Å². The summed E-state index contributed by atoms with van der Waals surface area (Å²) in [6, 6.07) is 17.3. The first-order valence-corrected chi connectivity index (χ1v) is 11.6. The third-order valence-electron chi connectivity index (χ3n) is 5.60. The van der Waals surface area contributed by atoms with Crippen LogP contribution in [0.4, 0.5) is 17.1 Å². The van der Waals surface area contributed by atoms with Crippen LogP contribution in [0, 0.1) is 24.0 Å². The Labute approximate surface area is 201 Å². The fourth-order valence-corrected chi connectivity index (χ4v) is 5.08. The lowest BCUT2D eigenvalue weighted by Gasteiger charge is -2.27. The molecule has 3 aromatic rings. The van der Waals surface area contributed by atoms with Gasteiger partial charge in [0.05, 0.1) is 23.5 Å². The Hall–Kier alpha value is -3.85. The smallest absolute Gasteiger partial charge is 0.273 e. The number of nitro groups is 1. The predicted molar refractivity (Wildman–Crippen MR) is 133 cm³/mol. The maximum absolute atomic E-state index is 13.0. The molecule has 34 heavy (non-hydrogen) atoms. The molecule has 3 aromatic carbocycles. The first-order valence-electron chi connectivity index (χ1n) is 10.5. The molecule has 9 heteroatoms. The summed E-state index contributed by atoms with van der Waals surface area (Å²) in [5.74, 6) is 0.340. The fourth-order valence-electron chi connectivity index (χ4n) is 3.87. The molecular formula is C25H23N3O5S. The highest BCUT2D eigenvalue weighted by molar-refractivity contribution is 8.00. The number of anilines is 2. The minimum Gasteiger partial charge on any atom is -0.495 e. The van der Waals surface area contributed by atoms with Gasteiger partial charge >= 0.3 is 0 Å². The largest absolute Gasteiger partial charge is 0.495 e. The Morgan fingerprint density at radius 3 is 2.65 bits per heavy atom. The van der Waals surface area contributed by atoms with Gasteiger partial charge in [0.2, 0.25) is 5.91 Å². The lowest BCUT2D eigenvalue weighted by Crippen LogP contribution is -2.29. The van der Waals surface area contributed by atoms with Crippen LogP contribution in [0.1, 0.15) is 32.4 Å². The zero-order chi connectivity index (χ0) is 24.4. The summed E-state index contributed by atoms with van der Waals surface area (Å²) in [6.07, 6.45) is 0. The van der Waals surface area contributed by atoms with Gasteiger partial charge in [-0.3, -0.25) is 24.6 Å². The zero-order valence-electron chi connectivity index (χ0n) is 18.9. The van der Waals surface area contributed by atoms with Gasteiger partial charge in [-0.1, -0.05) is 30.3 Å². The van der Waals surface area contributed by atoms with E-state index in [-0.39, 0.29) is 28.3 Å². The quantitative estimate of drug-likeness (QED) is 0.384. The summed E-state index contributed by atoms with van der Waals surface area (Å²) < 4.78 is 5.51. The summed E-state index contributed by atoms with van der Waals surface area (Å²) in [5, 5.41) is 13.8. The molecule has 1 fully saturated rings. The first-order chi connectivity index (χ1) is 16.3. The van der Waals surface area contributed by atoms with Crippen molar-refractivity contribution in [1.82, 2.24) is 0 Å². The molecule has 0 bridgehead atoms. The van der Waals surface area contributed by atoms with Crippen molar-refractivity contribution in [2.75, 3.05) is 23.1 Å².